The molecule has 1 aromatic carbocycles. The van der Waals surface area contributed by atoms with Crippen molar-refractivity contribution in [2.24, 2.45) is 0 Å². The van der Waals surface area contributed by atoms with Gasteiger partial charge in [0.15, 0.2) is 0 Å². The monoisotopic (exact) mass is 330 g/mol. The van der Waals surface area contributed by atoms with E-state index in [0.29, 0.717) is 14.9 Å². The minimum Gasteiger partial charge on any atom is -0.319 e. The van der Waals surface area contributed by atoms with Crippen LogP contribution in [-0.4, -0.2) is 22.0 Å². The van der Waals surface area contributed by atoms with E-state index in [9.17, 15) is 8.42 Å². The zero-order chi connectivity index (χ0) is 14.6. The Labute approximate surface area is 127 Å². The Kier molecular flexibility index (Phi) is 5.04. The van der Waals surface area contributed by atoms with Crippen molar-refractivity contribution in [3.63, 3.8) is 0 Å². The van der Waals surface area contributed by atoms with Gasteiger partial charge in [0, 0.05) is 9.90 Å². The van der Waals surface area contributed by atoms with Crippen LogP contribution in [0.3, 0.4) is 0 Å². The molecule has 0 unspecified atom stereocenters. The van der Waals surface area contributed by atoms with Crippen LogP contribution >= 0.6 is 22.9 Å². The molecular weight excluding hydrogens is 316 g/mol. The lowest BCUT2D eigenvalue weighted by Gasteiger charge is -2.06. The van der Waals surface area contributed by atoms with Crippen LogP contribution in [0.4, 0.5) is 5.69 Å². The second kappa shape index (κ2) is 6.58. The van der Waals surface area contributed by atoms with E-state index >= 15 is 0 Å². The molecule has 0 saturated carbocycles. The Balaban J connectivity index is 2.16. The molecule has 4 nitrogen and oxygen atoms in total. The number of rotatable bonds is 6. The van der Waals surface area contributed by atoms with Crippen LogP contribution in [0.2, 0.25) is 5.02 Å². The van der Waals surface area contributed by atoms with Crippen molar-refractivity contribution in [3.05, 3.63) is 46.3 Å². The van der Waals surface area contributed by atoms with Gasteiger partial charge in [-0.05, 0) is 50.3 Å². The fraction of sp³-hybridized carbons (Fsp3) is 0.231. The molecule has 0 radical (unpaired) electrons. The van der Waals surface area contributed by atoms with E-state index in [1.54, 1.807) is 30.3 Å². The van der Waals surface area contributed by atoms with Crippen molar-refractivity contribution in [1.82, 2.24) is 5.32 Å². The Morgan fingerprint density at radius 2 is 2.05 bits per heavy atom. The number of sulfonamides is 1. The second-order valence-electron chi connectivity index (χ2n) is 4.19. The fourth-order valence-corrected chi connectivity index (χ4v) is 4.24. The summed E-state index contributed by atoms with van der Waals surface area (Å²) in [5, 5.41) is 3.53. The minimum atomic E-state index is -3.54. The van der Waals surface area contributed by atoms with Crippen LogP contribution in [0.25, 0.3) is 0 Å². The Morgan fingerprint density at radius 3 is 2.75 bits per heavy atom. The predicted molar refractivity (Wildman–Crippen MR) is 84.2 cm³/mol. The van der Waals surface area contributed by atoms with Gasteiger partial charge in [0.2, 0.25) is 0 Å². The summed E-state index contributed by atoms with van der Waals surface area (Å²) in [6.07, 6.45) is 0.813. The zero-order valence-corrected chi connectivity index (χ0v) is 13.3. The molecule has 0 aliphatic heterocycles. The molecule has 20 heavy (non-hydrogen) atoms. The molecule has 0 spiro atoms. The van der Waals surface area contributed by atoms with Crippen LogP contribution < -0.4 is 10.0 Å². The molecule has 0 saturated heterocycles. The first-order valence-corrected chi connectivity index (χ1v) is 8.71. The van der Waals surface area contributed by atoms with E-state index in [-0.39, 0.29) is 0 Å². The maximum Gasteiger partial charge on any atom is 0.271 e. The highest BCUT2D eigenvalue weighted by molar-refractivity contribution is 7.94. The number of halogens is 1. The van der Waals surface area contributed by atoms with E-state index in [2.05, 4.69) is 10.0 Å². The van der Waals surface area contributed by atoms with Gasteiger partial charge in [-0.15, -0.1) is 11.3 Å². The Morgan fingerprint density at radius 1 is 1.25 bits per heavy atom. The quantitative estimate of drug-likeness (QED) is 0.856. The van der Waals surface area contributed by atoms with Crippen LogP contribution in [0.1, 0.15) is 4.88 Å². The normalized spacial score (nSPS) is 11.5. The molecule has 1 heterocycles. The fourth-order valence-electron chi connectivity index (χ4n) is 1.64. The van der Waals surface area contributed by atoms with Crippen LogP contribution in [0.5, 0.6) is 0 Å². The molecule has 0 aliphatic rings. The average molecular weight is 331 g/mol. The smallest absolute Gasteiger partial charge is 0.271 e. The zero-order valence-electron chi connectivity index (χ0n) is 10.9. The molecule has 108 valence electrons. The number of thiophene rings is 1. The highest BCUT2D eigenvalue weighted by Gasteiger charge is 2.17. The maximum absolute atomic E-state index is 12.2. The third-order valence-electron chi connectivity index (χ3n) is 2.60. The summed E-state index contributed by atoms with van der Waals surface area (Å²) in [4.78, 5) is 1.03. The van der Waals surface area contributed by atoms with Gasteiger partial charge in [0.25, 0.3) is 10.0 Å². The largest absolute Gasteiger partial charge is 0.319 e. The minimum absolute atomic E-state index is 0.309. The third-order valence-corrected chi connectivity index (χ3v) is 5.85. The van der Waals surface area contributed by atoms with Gasteiger partial charge in [0.05, 0.1) is 5.69 Å². The molecule has 1 aromatic heterocycles. The van der Waals surface area contributed by atoms with Gasteiger partial charge in [-0.2, -0.15) is 0 Å². The van der Waals surface area contributed by atoms with E-state index in [4.69, 9.17) is 11.6 Å². The van der Waals surface area contributed by atoms with Crippen molar-refractivity contribution in [1.29, 1.82) is 0 Å². The number of likely N-dealkylation sites (N-methyl/N-ethyl adjacent to an activating group) is 1. The van der Waals surface area contributed by atoms with Crippen LogP contribution in [-0.2, 0) is 16.4 Å². The molecular formula is C13H15ClN2O2S2. The molecule has 2 N–H and O–H groups in total. The second-order valence-corrected chi connectivity index (χ2v) is 7.70. The van der Waals surface area contributed by atoms with Gasteiger partial charge in [-0.3, -0.25) is 4.72 Å². The average Bonchev–Trinajstić information content (AvgIpc) is 2.85. The summed E-state index contributed by atoms with van der Waals surface area (Å²) in [6.45, 7) is 0.821. The SMILES string of the molecule is CNCCc1ccc(S(=O)(=O)Nc2cccc(Cl)c2)s1. The van der Waals surface area contributed by atoms with E-state index in [1.165, 1.54) is 11.3 Å². The molecule has 2 rings (SSSR count). The van der Waals surface area contributed by atoms with Crippen LogP contribution in [0.15, 0.2) is 40.6 Å². The summed E-state index contributed by atoms with van der Waals surface area (Å²) >= 11 is 7.12. The van der Waals surface area contributed by atoms with E-state index < -0.39 is 10.0 Å². The van der Waals surface area contributed by atoms with E-state index in [0.717, 1.165) is 17.8 Å². The van der Waals surface area contributed by atoms with Gasteiger partial charge in [0.1, 0.15) is 4.21 Å². The van der Waals surface area contributed by atoms with Crippen molar-refractivity contribution in [2.45, 2.75) is 10.6 Å². The van der Waals surface area contributed by atoms with Crippen molar-refractivity contribution in [3.8, 4) is 0 Å². The first-order valence-electron chi connectivity index (χ1n) is 6.03. The Bertz CT molecular complexity index is 683. The highest BCUT2D eigenvalue weighted by atomic mass is 35.5. The number of hydrogen-bond donors (Lipinski definition) is 2. The van der Waals surface area contributed by atoms with Crippen molar-refractivity contribution in [2.75, 3.05) is 18.3 Å². The summed E-state index contributed by atoms with van der Waals surface area (Å²) in [5.74, 6) is 0. The lowest BCUT2D eigenvalue weighted by molar-refractivity contribution is 0.603. The molecule has 7 heteroatoms. The van der Waals surface area contributed by atoms with E-state index in [1.807, 2.05) is 13.1 Å². The molecule has 0 aliphatic carbocycles. The summed E-state index contributed by atoms with van der Waals surface area (Å²) in [6, 6.07) is 10.1. The lowest BCUT2D eigenvalue weighted by Crippen LogP contribution is -2.11. The summed E-state index contributed by atoms with van der Waals surface area (Å²) in [5.41, 5.74) is 0.461. The van der Waals surface area contributed by atoms with Gasteiger partial charge >= 0.3 is 0 Å². The predicted octanol–water partition coefficient (Wildman–Crippen LogP) is 2.96. The van der Waals surface area contributed by atoms with Crippen molar-refractivity contribution < 1.29 is 8.42 Å². The van der Waals surface area contributed by atoms with Gasteiger partial charge in [-0.25, -0.2) is 8.42 Å². The first kappa shape index (κ1) is 15.3. The highest BCUT2D eigenvalue weighted by Crippen LogP contribution is 2.25. The maximum atomic E-state index is 12.2. The molecule has 0 amide bonds. The number of hydrogen-bond acceptors (Lipinski definition) is 4. The number of benzene rings is 1. The van der Waals surface area contributed by atoms with Gasteiger partial charge < -0.3 is 5.32 Å². The molecule has 0 bridgehead atoms. The van der Waals surface area contributed by atoms with Crippen LogP contribution in [0, 0.1) is 0 Å². The molecule has 0 atom stereocenters. The third kappa shape index (κ3) is 3.96. The lowest BCUT2D eigenvalue weighted by atomic mass is 10.3. The molecule has 0 fully saturated rings. The topological polar surface area (TPSA) is 58.2 Å². The van der Waals surface area contributed by atoms with Crippen molar-refractivity contribution >= 4 is 38.6 Å². The van der Waals surface area contributed by atoms with Gasteiger partial charge in [-0.1, -0.05) is 17.7 Å². The Hall–Kier alpha value is -1.08. The first-order chi connectivity index (χ1) is 9.51. The standard InChI is InChI=1S/C13H15ClN2O2S2/c1-15-8-7-12-5-6-13(19-12)20(17,18)16-11-4-2-3-10(14)9-11/h2-6,9,15-16H,7-8H2,1H3. The number of anilines is 1. The number of nitrogens with one attached hydrogen (secondary N) is 2. The molecule has 2 aromatic rings. The summed E-state index contributed by atoms with van der Waals surface area (Å²) in [7, 11) is -1.68. The summed E-state index contributed by atoms with van der Waals surface area (Å²) < 4.78 is 27.3.